The Labute approximate surface area is 267 Å². The van der Waals surface area contributed by atoms with Crippen LogP contribution >= 0.6 is 0 Å². The third-order valence-electron chi connectivity index (χ3n) is 9.58. The smallest absolute Gasteiger partial charge is 0.451 e. The molecule has 244 valence electrons. The number of piperidine rings is 1. The number of alkyl halides is 3. The number of hydrogen-bond acceptors (Lipinski definition) is 8. The Morgan fingerprint density at radius 1 is 1.00 bits per heavy atom. The van der Waals surface area contributed by atoms with Gasteiger partial charge in [-0.2, -0.15) is 18.2 Å². The van der Waals surface area contributed by atoms with Gasteiger partial charge in [-0.1, -0.05) is 17.2 Å². The highest BCUT2D eigenvalue weighted by atomic mass is 32.2. The second kappa shape index (κ2) is 12.4. The van der Waals surface area contributed by atoms with Gasteiger partial charge in [0.2, 0.25) is 17.7 Å². The lowest BCUT2D eigenvalue weighted by molar-refractivity contribution is -0.148. The molecule has 46 heavy (non-hydrogen) atoms. The average Bonchev–Trinajstić information content (AvgIpc) is 3.70. The van der Waals surface area contributed by atoms with Crippen LogP contribution in [0.2, 0.25) is 0 Å². The van der Waals surface area contributed by atoms with Crippen molar-refractivity contribution in [1.82, 2.24) is 34.2 Å². The summed E-state index contributed by atoms with van der Waals surface area (Å²) in [5, 5.41) is 11.9. The number of carbonyl (C=O) groups is 1. The Morgan fingerprint density at radius 3 is 2.52 bits per heavy atom. The topological polar surface area (TPSA) is 120 Å². The number of nitrogens with zero attached hydrogens (tertiary/aromatic N) is 8. The molecular formula is C31H36F3N9O2S. The van der Waals surface area contributed by atoms with E-state index in [2.05, 4.69) is 54.2 Å². The van der Waals surface area contributed by atoms with Crippen LogP contribution in [0.1, 0.15) is 50.2 Å². The summed E-state index contributed by atoms with van der Waals surface area (Å²) >= 11 is -0.792. The maximum absolute atomic E-state index is 13.3. The third kappa shape index (κ3) is 6.01. The van der Waals surface area contributed by atoms with Gasteiger partial charge >= 0.3 is 6.18 Å². The van der Waals surface area contributed by atoms with Gasteiger partial charge in [-0.3, -0.25) is 4.79 Å². The molecule has 7 rings (SSSR count). The maximum Gasteiger partial charge on any atom is 0.451 e. The molecule has 2 aliphatic heterocycles. The molecule has 4 aromatic rings. The standard InChI is InChI=1S/C31H36F3N9O2S/c1-46(45)22-10-14-40(15-11-22)24-3-2-4-25-23(24)12-16-42(25)26-9-13-35-30(37-26)36-21-7-5-20(6-8-21)28(44)41-17-18-43-27(19-41)38-39-29(43)31(32,33)34/h2-4,9,12-13,16,20-22H,5-8,10-11,14-15,17-19H2,1H3,(H,35,36,37). The predicted molar refractivity (Wildman–Crippen MR) is 168 cm³/mol. The first-order valence-electron chi connectivity index (χ1n) is 15.7. The molecule has 15 heteroatoms. The molecule has 1 atom stereocenters. The Kier molecular flexibility index (Phi) is 8.30. The van der Waals surface area contributed by atoms with Gasteiger partial charge in [0.15, 0.2) is 5.82 Å². The number of hydrogen-bond donors (Lipinski definition) is 1. The van der Waals surface area contributed by atoms with Crippen molar-refractivity contribution in [3.63, 3.8) is 0 Å². The summed E-state index contributed by atoms with van der Waals surface area (Å²) in [5.41, 5.74) is 2.22. The first-order chi connectivity index (χ1) is 22.2. The number of benzene rings is 1. The van der Waals surface area contributed by atoms with Crippen LogP contribution in [0, 0.1) is 5.92 Å². The van der Waals surface area contributed by atoms with Gasteiger partial charge in [0.25, 0.3) is 0 Å². The Balaban J connectivity index is 0.972. The summed E-state index contributed by atoms with van der Waals surface area (Å²) in [6.07, 6.45) is 5.69. The van der Waals surface area contributed by atoms with Crippen LogP contribution in [0.3, 0.4) is 0 Å². The number of rotatable bonds is 6. The van der Waals surface area contributed by atoms with E-state index in [1.807, 2.05) is 12.3 Å². The molecule has 1 N–H and O–H groups in total. The largest absolute Gasteiger partial charge is 0.616 e. The summed E-state index contributed by atoms with van der Waals surface area (Å²) in [4.78, 5) is 26.5. The van der Waals surface area contributed by atoms with E-state index in [-0.39, 0.29) is 48.6 Å². The number of carbonyl (C=O) groups excluding carboxylic acids is 1. The third-order valence-corrected chi connectivity index (χ3v) is 11.0. The van der Waals surface area contributed by atoms with Crippen LogP contribution in [0.15, 0.2) is 42.7 Å². The second-order valence-electron chi connectivity index (χ2n) is 12.4. The molecule has 1 aromatic carbocycles. The minimum atomic E-state index is -4.57. The molecule has 1 aliphatic carbocycles. The van der Waals surface area contributed by atoms with E-state index in [9.17, 15) is 22.5 Å². The fourth-order valence-corrected chi connectivity index (χ4v) is 7.96. The molecule has 1 amide bonds. The first-order valence-corrected chi connectivity index (χ1v) is 17.3. The van der Waals surface area contributed by atoms with Gasteiger partial charge in [0.05, 0.1) is 18.3 Å². The van der Waals surface area contributed by atoms with Crippen LogP contribution in [0.5, 0.6) is 0 Å². The minimum Gasteiger partial charge on any atom is -0.616 e. The highest BCUT2D eigenvalue weighted by Crippen LogP contribution is 2.34. The van der Waals surface area contributed by atoms with Crippen molar-refractivity contribution in [3.05, 3.63) is 54.4 Å². The highest BCUT2D eigenvalue weighted by Gasteiger charge is 2.40. The molecule has 3 aromatic heterocycles. The average molecular weight is 656 g/mol. The summed E-state index contributed by atoms with van der Waals surface area (Å²) in [5.74, 6) is 0.211. The van der Waals surface area contributed by atoms with Crippen molar-refractivity contribution >= 4 is 39.6 Å². The monoisotopic (exact) mass is 655 g/mol. The molecule has 0 spiro atoms. The highest BCUT2D eigenvalue weighted by molar-refractivity contribution is 7.91. The quantitative estimate of drug-likeness (QED) is 0.304. The summed E-state index contributed by atoms with van der Waals surface area (Å²) < 4.78 is 54.6. The van der Waals surface area contributed by atoms with Crippen LogP contribution in [-0.2, 0) is 35.2 Å². The van der Waals surface area contributed by atoms with Gasteiger partial charge < -0.3 is 28.8 Å². The summed E-state index contributed by atoms with van der Waals surface area (Å²) in [6.45, 7) is 2.05. The zero-order valence-corrected chi connectivity index (χ0v) is 26.3. The zero-order chi connectivity index (χ0) is 32.0. The van der Waals surface area contributed by atoms with Gasteiger partial charge in [0.1, 0.15) is 11.1 Å². The van der Waals surface area contributed by atoms with E-state index in [1.54, 1.807) is 17.4 Å². The molecule has 2 fully saturated rings. The van der Waals surface area contributed by atoms with Crippen LogP contribution in [0.4, 0.5) is 24.8 Å². The van der Waals surface area contributed by atoms with Crippen molar-refractivity contribution in [2.75, 3.05) is 36.1 Å². The van der Waals surface area contributed by atoms with E-state index in [1.165, 1.54) is 5.69 Å². The first kappa shape index (κ1) is 30.8. The Bertz CT molecular complexity index is 1710. The molecule has 0 radical (unpaired) electrons. The van der Waals surface area contributed by atoms with Crippen LogP contribution in [0.25, 0.3) is 16.7 Å². The van der Waals surface area contributed by atoms with E-state index < -0.39 is 23.2 Å². The lowest BCUT2D eigenvalue weighted by atomic mass is 9.85. The van der Waals surface area contributed by atoms with Crippen molar-refractivity contribution in [3.8, 4) is 5.82 Å². The number of halogens is 3. The number of fused-ring (bicyclic) bond motifs is 2. The molecule has 11 nitrogen and oxygen atoms in total. The van der Waals surface area contributed by atoms with Crippen molar-refractivity contribution in [2.45, 2.75) is 69.1 Å². The summed E-state index contributed by atoms with van der Waals surface area (Å²) in [7, 11) is 0. The normalized spacial score (nSPS) is 21.8. The lowest BCUT2D eigenvalue weighted by Crippen LogP contribution is -2.43. The molecule has 5 heterocycles. The number of nitrogens with one attached hydrogen (secondary N) is 1. The SMILES string of the molecule is C[S+]([O-])C1CCN(c2cccc3c2ccn3-c2ccnc(NC3CCC(C(=O)N4CCn5c(nnc5C(F)(F)F)C4)CC3)n2)CC1. The number of amides is 1. The molecule has 1 unspecified atom stereocenters. The summed E-state index contributed by atoms with van der Waals surface area (Å²) in [6, 6.07) is 10.4. The van der Waals surface area contributed by atoms with Gasteiger partial charge in [0, 0.05) is 74.4 Å². The molecule has 3 aliphatic rings. The minimum absolute atomic E-state index is 0.0340. The molecule has 0 bridgehead atoms. The van der Waals surface area contributed by atoms with Crippen molar-refractivity contribution in [1.29, 1.82) is 0 Å². The Hall–Kier alpha value is -3.85. The van der Waals surface area contributed by atoms with E-state index in [0.717, 1.165) is 60.1 Å². The predicted octanol–water partition coefficient (Wildman–Crippen LogP) is 4.39. The van der Waals surface area contributed by atoms with Gasteiger partial charge in [-0.15, -0.1) is 10.2 Å². The fraction of sp³-hybridized carbons (Fsp3) is 0.516. The van der Waals surface area contributed by atoms with Gasteiger partial charge in [-0.25, -0.2) is 4.98 Å². The van der Waals surface area contributed by atoms with E-state index in [0.29, 0.717) is 18.8 Å². The number of aromatic nitrogens is 6. The molecule has 1 saturated heterocycles. The number of anilines is 2. The maximum atomic E-state index is 13.3. The Morgan fingerprint density at radius 2 is 1.78 bits per heavy atom. The van der Waals surface area contributed by atoms with Crippen molar-refractivity contribution < 1.29 is 22.5 Å². The second-order valence-corrected chi connectivity index (χ2v) is 14.0. The van der Waals surface area contributed by atoms with Crippen LogP contribution < -0.4 is 10.2 Å². The van der Waals surface area contributed by atoms with E-state index >= 15 is 0 Å². The van der Waals surface area contributed by atoms with Crippen LogP contribution in [-0.4, -0.2) is 81.8 Å². The lowest BCUT2D eigenvalue weighted by Gasteiger charge is -2.34. The van der Waals surface area contributed by atoms with Crippen molar-refractivity contribution in [2.24, 2.45) is 5.92 Å². The zero-order valence-electron chi connectivity index (χ0n) is 25.5. The van der Waals surface area contributed by atoms with E-state index in [4.69, 9.17) is 4.98 Å². The molecular weight excluding hydrogens is 619 g/mol. The van der Waals surface area contributed by atoms with Gasteiger partial charge in [-0.05, 0) is 49.9 Å². The fourth-order valence-electron chi connectivity index (χ4n) is 7.09. The molecule has 1 saturated carbocycles.